The van der Waals surface area contributed by atoms with E-state index < -0.39 is 28.4 Å². The molecule has 0 saturated carbocycles. The van der Waals surface area contributed by atoms with Crippen LogP contribution in [0, 0.1) is 11.7 Å². The van der Waals surface area contributed by atoms with Gasteiger partial charge in [0.25, 0.3) is 0 Å². The average Bonchev–Trinajstić information content (AvgIpc) is 2.66. The Morgan fingerprint density at radius 3 is 2.23 bits per heavy atom. The van der Waals surface area contributed by atoms with Crippen LogP contribution >= 0.6 is 0 Å². The van der Waals surface area contributed by atoms with Gasteiger partial charge in [-0.15, -0.1) is 0 Å². The van der Waals surface area contributed by atoms with Crippen LogP contribution in [0.3, 0.4) is 0 Å². The summed E-state index contributed by atoms with van der Waals surface area (Å²) in [6.07, 6.45) is -2.17. The lowest BCUT2D eigenvalue weighted by atomic mass is 9.90. The van der Waals surface area contributed by atoms with E-state index in [0.29, 0.717) is 25.0 Å². The van der Waals surface area contributed by atoms with Gasteiger partial charge < -0.3 is 0 Å². The van der Waals surface area contributed by atoms with Crippen LogP contribution in [-0.4, -0.2) is 20.5 Å². The Bertz CT molecular complexity index is 625. The number of hydrogen-bond donors (Lipinski definition) is 0. The minimum absolute atomic E-state index is 0.00741. The number of ketones is 1. The molecule has 0 N–H and O–H groups in total. The van der Waals surface area contributed by atoms with Gasteiger partial charge in [-0.25, -0.2) is 4.39 Å². The molecule has 0 radical (unpaired) electrons. The zero-order valence-corrected chi connectivity index (χ0v) is 12.3. The van der Waals surface area contributed by atoms with Crippen molar-refractivity contribution in [3.8, 4) is 0 Å². The Hall–Kier alpha value is -1.24. The van der Waals surface area contributed by atoms with Crippen molar-refractivity contribution >= 4 is 16.6 Å². The largest absolute Gasteiger partial charge is 0.419 e. The van der Waals surface area contributed by atoms with Crippen molar-refractivity contribution < 1.29 is 26.6 Å². The van der Waals surface area contributed by atoms with Crippen molar-refractivity contribution in [3.63, 3.8) is 0 Å². The summed E-state index contributed by atoms with van der Waals surface area (Å²) in [5.74, 6) is -2.15. The summed E-state index contributed by atoms with van der Waals surface area (Å²) in [7, 11) is -0.907. The molecule has 2 fully saturated rings. The first-order valence-corrected chi connectivity index (χ1v) is 8.35. The highest BCUT2D eigenvalue weighted by molar-refractivity contribution is 7.86. The number of Topliss-reactive ketones (excluding diaryl/α,β-unsaturated/α-hetero) is 1. The second-order valence-corrected chi connectivity index (χ2v) is 7.87. The molecule has 0 aliphatic carbocycles. The van der Waals surface area contributed by atoms with Crippen LogP contribution in [0.2, 0.25) is 0 Å². The average molecular weight is 334 g/mol. The summed E-state index contributed by atoms with van der Waals surface area (Å²) in [6, 6.07) is 2.30. The molecule has 2 heterocycles. The molecule has 0 aromatic heterocycles. The normalized spacial score (nSPS) is 31.3. The number of benzene rings is 1. The number of alkyl halides is 3. The maximum absolute atomic E-state index is 13.6. The zero-order valence-electron chi connectivity index (χ0n) is 11.5. The van der Waals surface area contributed by atoms with Crippen LogP contribution in [-0.2, 0) is 17.0 Å². The predicted octanol–water partition coefficient (Wildman–Crippen LogP) is 3.72. The maximum Gasteiger partial charge on any atom is 0.419 e. The van der Waals surface area contributed by atoms with E-state index in [1.807, 2.05) is 0 Å². The molecule has 3 rings (SSSR count). The second-order valence-electron chi connectivity index (χ2n) is 5.87. The first-order chi connectivity index (χ1) is 10.3. The number of hydrogen-bond acceptors (Lipinski definition) is 2. The van der Waals surface area contributed by atoms with Crippen LogP contribution in [0.5, 0.6) is 0 Å². The monoisotopic (exact) mass is 334 g/mol. The highest BCUT2D eigenvalue weighted by Crippen LogP contribution is 2.40. The molecule has 120 valence electrons. The highest BCUT2D eigenvalue weighted by atomic mass is 32.2. The second kappa shape index (κ2) is 5.44. The first kappa shape index (κ1) is 15.6. The number of halogens is 4. The van der Waals surface area contributed by atoms with Gasteiger partial charge in [0.05, 0.1) is 5.56 Å². The third kappa shape index (κ3) is 2.71. The van der Waals surface area contributed by atoms with Gasteiger partial charge in [0, 0.05) is 32.8 Å². The van der Waals surface area contributed by atoms with Crippen molar-refractivity contribution in [2.24, 2.45) is 5.92 Å². The Labute approximate surface area is 127 Å². The van der Waals surface area contributed by atoms with Crippen molar-refractivity contribution in [2.45, 2.75) is 42.4 Å². The molecule has 2 aliphatic heterocycles. The lowest BCUT2D eigenvalue weighted by Gasteiger charge is -2.26. The third-order valence-electron chi connectivity index (χ3n) is 4.49. The van der Waals surface area contributed by atoms with Gasteiger partial charge in [-0.3, -0.25) is 9.00 Å². The molecule has 2 bridgehead atoms. The molecule has 2 unspecified atom stereocenters. The summed E-state index contributed by atoms with van der Waals surface area (Å²) in [4.78, 5) is 12.4. The lowest BCUT2D eigenvalue weighted by Crippen LogP contribution is -2.32. The third-order valence-corrected chi connectivity index (χ3v) is 6.66. The molecule has 2 saturated heterocycles. The molecular weight excluding hydrogens is 320 g/mol. The van der Waals surface area contributed by atoms with E-state index in [0.717, 1.165) is 18.9 Å². The van der Waals surface area contributed by atoms with Gasteiger partial charge in [0.2, 0.25) is 0 Å². The summed E-state index contributed by atoms with van der Waals surface area (Å²) in [5.41, 5.74) is -1.41. The van der Waals surface area contributed by atoms with Gasteiger partial charge in [-0.05, 0) is 37.8 Å². The summed E-state index contributed by atoms with van der Waals surface area (Å²) in [6.45, 7) is 0. The predicted molar refractivity (Wildman–Crippen MR) is 73.4 cm³/mol. The van der Waals surface area contributed by atoms with Crippen LogP contribution < -0.4 is 0 Å². The lowest BCUT2D eigenvalue weighted by molar-refractivity contribution is -0.140. The fraction of sp³-hybridized carbons (Fsp3) is 0.533. The number of carbonyl (C=O) groups excluding carboxylic acids is 1. The molecule has 1 aromatic carbocycles. The van der Waals surface area contributed by atoms with Crippen molar-refractivity contribution in [1.29, 1.82) is 0 Å². The van der Waals surface area contributed by atoms with Crippen molar-refractivity contribution in [3.05, 3.63) is 35.1 Å². The van der Waals surface area contributed by atoms with Gasteiger partial charge >= 0.3 is 6.18 Å². The highest BCUT2D eigenvalue weighted by Gasteiger charge is 2.43. The fourth-order valence-electron chi connectivity index (χ4n) is 3.38. The van der Waals surface area contributed by atoms with Crippen molar-refractivity contribution in [1.82, 2.24) is 0 Å². The first-order valence-electron chi connectivity index (χ1n) is 7.07. The van der Waals surface area contributed by atoms with E-state index in [1.54, 1.807) is 0 Å². The standard InChI is InChI=1S/C15H14F4O2S/c16-13-7-8(1-4-12(13)15(17,18)19)14(20)9-5-10-2-3-11(6-9)22(10)21/h1,4,7,9-11H,2-3,5-6H2. The fourth-order valence-corrected chi connectivity index (χ4v) is 5.51. The smallest absolute Gasteiger partial charge is 0.294 e. The maximum atomic E-state index is 13.6. The summed E-state index contributed by atoms with van der Waals surface area (Å²) < 4.78 is 63.1. The van der Waals surface area contributed by atoms with Crippen LogP contribution in [0.1, 0.15) is 41.6 Å². The Morgan fingerprint density at radius 1 is 1.14 bits per heavy atom. The Balaban J connectivity index is 1.82. The van der Waals surface area contributed by atoms with E-state index >= 15 is 0 Å². The molecular formula is C15H14F4O2S. The topological polar surface area (TPSA) is 34.1 Å². The molecule has 0 amide bonds. The Kier molecular flexibility index (Phi) is 3.87. The molecule has 22 heavy (non-hydrogen) atoms. The Morgan fingerprint density at radius 2 is 1.73 bits per heavy atom. The molecule has 2 nitrogen and oxygen atoms in total. The number of rotatable bonds is 2. The SMILES string of the molecule is O=C(c1ccc(C(F)(F)F)c(F)c1)C1CC2CCC(C1)S2=O. The van der Waals surface area contributed by atoms with E-state index in [9.17, 15) is 26.6 Å². The van der Waals surface area contributed by atoms with Gasteiger partial charge in [-0.1, -0.05) is 6.07 Å². The van der Waals surface area contributed by atoms with E-state index in [2.05, 4.69) is 0 Å². The summed E-state index contributed by atoms with van der Waals surface area (Å²) in [5, 5.41) is -0.0148. The van der Waals surface area contributed by atoms with Crippen LogP contribution in [0.25, 0.3) is 0 Å². The van der Waals surface area contributed by atoms with Crippen LogP contribution in [0.15, 0.2) is 18.2 Å². The number of carbonyl (C=O) groups is 1. The zero-order chi connectivity index (χ0) is 16.1. The molecule has 2 atom stereocenters. The van der Waals surface area contributed by atoms with Gasteiger partial charge in [0.1, 0.15) is 5.82 Å². The van der Waals surface area contributed by atoms with E-state index in [1.165, 1.54) is 0 Å². The quantitative estimate of drug-likeness (QED) is 0.610. The van der Waals surface area contributed by atoms with Crippen molar-refractivity contribution in [2.75, 3.05) is 0 Å². The molecule has 0 spiro atoms. The van der Waals surface area contributed by atoms with E-state index in [-0.39, 0.29) is 27.8 Å². The molecule has 7 heteroatoms. The van der Waals surface area contributed by atoms with Crippen LogP contribution in [0.4, 0.5) is 17.6 Å². The molecule has 2 aliphatic rings. The van der Waals surface area contributed by atoms with E-state index in [4.69, 9.17) is 0 Å². The number of fused-ring (bicyclic) bond motifs is 2. The summed E-state index contributed by atoms with van der Waals surface area (Å²) >= 11 is 0. The van der Waals surface area contributed by atoms with Gasteiger partial charge in [-0.2, -0.15) is 13.2 Å². The molecule has 1 aromatic rings. The minimum Gasteiger partial charge on any atom is -0.294 e. The minimum atomic E-state index is -4.77. The van der Waals surface area contributed by atoms with Gasteiger partial charge in [0.15, 0.2) is 5.78 Å².